The molecule has 5 rings (SSSR count). The number of rotatable bonds is 8. The van der Waals surface area contributed by atoms with Crippen LogP contribution in [0.1, 0.15) is 50.8 Å². The minimum absolute atomic E-state index is 0.00259. The summed E-state index contributed by atoms with van der Waals surface area (Å²) in [7, 11) is -3.89. The van der Waals surface area contributed by atoms with Crippen LogP contribution in [0.5, 0.6) is 0 Å². The predicted octanol–water partition coefficient (Wildman–Crippen LogP) is 5.97. The first-order valence-electron chi connectivity index (χ1n) is 13.7. The normalized spacial score (nSPS) is 20.0. The molecule has 2 atom stereocenters. The fourth-order valence-electron chi connectivity index (χ4n) is 5.55. The standard InChI is InChI=1S/C28H31ClF3N5O3S2/c1-17(2)22-5-3-13-36(22)27-34-20(15-21(35-27)18-7-9-19(10-8-18)28(30,31)32)16-33-26(38)23-6-4-14-37(23)42(39,40)25-12-11-24(29)41-25/h7-12,15,17,22-23H,3-6,13-14,16H2,1-2H3,(H,33,38)/t22?,23-/m0/s1. The third-order valence-electron chi connectivity index (χ3n) is 7.66. The lowest BCUT2D eigenvalue weighted by Crippen LogP contribution is -2.45. The molecule has 1 amide bonds. The molecule has 2 aliphatic heterocycles. The first-order valence-corrected chi connectivity index (χ1v) is 16.3. The zero-order valence-corrected chi connectivity index (χ0v) is 25.5. The number of carbonyl (C=O) groups excluding carboxylic acids is 1. The van der Waals surface area contributed by atoms with E-state index in [0.717, 1.165) is 42.9 Å². The van der Waals surface area contributed by atoms with E-state index in [1.54, 1.807) is 6.07 Å². The summed E-state index contributed by atoms with van der Waals surface area (Å²) in [5.41, 5.74) is 0.637. The number of nitrogens with zero attached hydrogens (tertiary/aromatic N) is 4. The van der Waals surface area contributed by atoms with E-state index < -0.39 is 33.7 Å². The Kier molecular flexibility index (Phi) is 8.85. The Bertz CT molecular complexity index is 1550. The van der Waals surface area contributed by atoms with Crippen molar-refractivity contribution in [1.82, 2.24) is 19.6 Å². The summed E-state index contributed by atoms with van der Waals surface area (Å²) < 4.78 is 67.5. The van der Waals surface area contributed by atoms with Crippen molar-refractivity contribution in [2.24, 2.45) is 5.92 Å². The van der Waals surface area contributed by atoms with Crippen molar-refractivity contribution in [2.75, 3.05) is 18.0 Å². The maximum atomic E-state index is 13.3. The van der Waals surface area contributed by atoms with Crippen molar-refractivity contribution in [3.8, 4) is 11.3 Å². The second-order valence-corrected chi connectivity index (χ2v) is 14.6. The molecular formula is C28H31ClF3N5O3S2. The van der Waals surface area contributed by atoms with Gasteiger partial charge in [-0.15, -0.1) is 11.3 Å². The van der Waals surface area contributed by atoms with E-state index in [4.69, 9.17) is 21.6 Å². The van der Waals surface area contributed by atoms with Crippen LogP contribution in [0, 0.1) is 5.92 Å². The van der Waals surface area contributed by atoms with Crippen LogP contribution < -0.4 is 10.2 Å². The number of aromatic nitrogens is 2. The van der Waals surface area contributed by atoms with Gasteiger partial charge in [0.2, 0.25) is 11.9 Å². The molecule has 14 heteroatoms. The Labute approximate surface area is 252 Å². The predicted molar refractivity (Wildman–Crippen MR) is 156 cm³/mol. The number of sulfonamides is 1. The first kappa shape index (κ1) is 30.7. The van der Waals surface area contributed by atoms with Gasteiger partial charge in [0.05, 0.1) is 27.8 Å². The second-order valence-electron chi connectivity index (χ2n) is 10.8. The summed E-state index contributed by atoms with van der Waals surface area (Å²) in [4.78, 5) is 24.8. The van der Waals surface area contributed by atoms with Gasteiger partial charge in [0, 0.05) is 24.7 Å². The van der Waals surface area contributed by atoms with E-state index in [1.165, 1.54) is 28.6 Å². The van der Waals surface area contributed by atoms with Gasteiger partial charge in [-0.2, -0.15) is 17.5 Å². The maximum absolute atomic E-state index is 13.3. The summed E-state index contributed by atoms with van der Waals surface area (Å²) >= 11 is 6.89. The molecule has 0 radical (unpaired) electrons. The topological polar surface area (TPSA) is 95.5 Å². The van der Waals surface area contributed by atoms with E-state index in [1.807, 2.05) is 0 Å². The van der Waals surface area contributed by atoms with E-state index in [-0.39, 0.29) is 23.3 Å². The minimum Gasteiger partial charge on any atom is -0.349 e. The summed E-state index contributed by atoms with van der Waals surface area (Å²) in [6, 6.07) is 8.69. The van der Waals surface area contributed by atoms with Gasteiger partial charge in [0.15, 0.2) is 0 Å². The second kappa shape index (κ2) is 12.1. The molecule has 1 N–H and O–H groups in total. The van der Waals surface area contributed by atoms with Crippen LogP contribution in [-0.2, 0) is 27.5 Å². The number of benzene rings is 1. The zero-order chi connectivity index (χ0) is 30.2. The number of hydrogen-bond donors (Lipinski definition) is 1. The monoisotopic (exact) mass is 641 g/mol. The Balaban J connectivity index is 1.40. The highest BCUT2D eigenvalue weighted by Crippen LogP contribution is 2.34. The van der Waals surface area contributed by atoms with Crippen LogP contribution in [0.4, 0.5) is 19.1 Å². The van der Waals surface area contributed by atoms with Crippen LogP contribution in [-0.4, -0.2) is 53.8 Å². The van der Waals surface area contributed by atoms with Crippen LogP contribution in [0.15, 0.2) is 46.7 Å². The Morgan fingerprint density at radius 1 is 1.10 bits per heavy atom. The molecular weight excluding hydrogens is 611 g/mol. The summed E-state index contributed by atoms with van der Waals surface area (Å²) in [5.74, 6) is 0.339. The number of nitrogens with one attached hydrogen (secondary N) is 1. The molecule has 2 fully saturated rings. The van der Waals surface area contributed by atoms with E-state index in [0.29, 0.717) is 46.0 Å². The molecule has 4 heterocycles. The molecule has 0 bridgehead atoms. The number of alkyl halides is 3. The van der Waals surface area contributed by atoms with Crippen molar-refractivity contribution in [3.63, 3.8) is 0 Å². The molecule has 1 aromatic carbocycles. The van der Waals surface area contributed by atoms with Crippen LogP contribution >= 0.6 is 22.9 Å². The van der Waals surface area contributed by atoms with Crippen molar-refractivity contribution in [1.29, 1.82) is 0 Å². The smallest absolute Gasteiger partial charge is 0.349 e. The van der Waals surface area contributed by atoms with Gasteiger partial charge in [-0.3, -0.25) is 4.79 Å². The maximum Gasteiger partial charge on any atom is 0.416 e. The van der Waals surface area contributed by atoms with Crippen LogP contribution in [0.25, 0.3) is 11.3 Å². The van der Waals surface area contributed by atoms with Crippen molar-refractivity contribution in [3.05, 3.63) is 58.1 Å². The highest BCUT2D eigenvalue weighted by Gasteiger charge is 2.40. The number of amides is 1. The molecule has 8 nitrogen and oxygen atoms in total. The largest absolute Gasteiger partial charge is 0.416 e. The average Bonchev–Trinajstić information content (AvgIpc) is 3.72. The fraction of sp³-hybridized carbons (Fsp3) is 0.464. The van der Waals surface area contributed by atoms with E-state index >= 15 is 0 Å². The van der Waals surface area contributed by atoms with Gasteiger partial charge in [-0.25, -0.2) is 18.4 Å². The third kappa shape index (κ3) is 6.43. The Morgan fingerprint density at radius 2 is 1.81 bits per heavy atom. The van der Waals surface area contributed by atoms with Crippen molar-refractivity contribution < 1.29 is 26.4 Å². The van der Waals surface area contributed by atoms with Gasteiger partial charge >= 0.3 is 6.18 Å². The van der Waals surface area contributed by atoms with Gasteiger partial charge in [0.25, 0.3) is 10.0 Å². The summed E-state index contributed by atoms with van der Waals surface area (Å²) in [6.45, 7) is 5.20. The lowest BCUT2D eigenvalue weighted by atomic mass is 10.0. The molecule has 0 aliphatic carbocycles. The van der Waals surface area contributed by atoms with Crippen molar-refractivity contribution in [2.45, 2.75) is 68.5 Å². The van der Waals surface area contributed by atoms with Gasteiger partial charge < -0.3 is 10.2 Å². The molecule has 42 heavy (non-hydrogen) atoms. The Morgan fingerprint density at radius 3 is 2.45 bits per heavy atom. The highest BCUT2D eigenvalue weighted by molar-refractivity contribution is 7.91. The van der Waals surface area contributed by atoms with E-state index in [9.17, 15) is 26.4 Å². The SMILES string of the molecule is CC(C)C1CCCN1c1nc(CNC(=O)[C@@H]2CCCN2S(=O)(=O)c2ccc(Cl)s2)cc(-c2ccc(C(F)(F)F)cc2)n1. The summed E-state index contributed by atoms with van der Waals surface area (Å²) in [5, 5.41) is 2.83. The first-order chi connectivity index (χ1) is 19.8. The number of halogens is 4. The summed E-state index contributed by atoms with van der Waals surface area (Å²) in [6.07, 6.45) is -1.61. The molecule has 0 spiro atoms. The minimum atomic E-state index is -4.46. The lowest BCUT2D eigenvalue weighted by molar-refractivity contribution is -0.137. The van der Waals surface area contributed by atoms with Gasteiger partial charge in [-0.05, 0) is 61.9 Å². The number of anilines is 1. The van der Waals surface area contributed by atoms with Crippen molar-refractivity contribution >= 4 is 44.8 Å². The number of thiophene rings is 1. The molecule has 1 unspecified atom stereocenters. The molecule has 3 aromatic rings. The molecule has 0 saturated carbocycles. The zero-order valence-electron chi connectivity index (χ0n) is 23.1. The third-order valence-corrected chi connectivity index (χ3v) is 11.3. The lowest BCUT2D eigenvalue weighted by Gasteiger charge is -2.28. The highest BCUT2D eigenvalue weighted by atomic mass is 35.5. The number of hydrogen-bond acceptors (Lipinski definition) is 7. The number of carbonyl (C=O) groups is 1. The van der Waals surface area contributed by atoms with Gasteiger partial charge in [0.1, 0.15) is 10.3 Å². The average molecular weight is 642 g/mol. The van der Waals surface area contributed by atoms with E-state index in [2.05, 4.69) is 24.1 Å². The van der Waals surface area contributed by atoms with Crippen LogP contribution in [0.2, 0.25) is 4.34 Å². The van der Waals surface area contributed by atoms with Crippen LogP contribution in [0.3, 0.4) is 0 Å². The molecule has 226 valence electrons. The molecule has 2 saturated heterocycles. The quantitative estimate of drug-likeness (QED) is 0.326. The molecule has 2 aromatic heterocycles. The Hall–Kier alpha value is -2.74. The fourth-order valence-corrected chi connectivity index (χ4v) is 8.82. The molecule has 2 aliphatic rings. The van der Waals surface area contributed by atoms with Gasteiger partial charge in [-0.1, -0.05) is 37.6 Å².